The van der Waals surface area contributed by atoms with Crippen LogP contribution in [0.1, 0.15) is 76.8 Å². The van der Waals surface area contributed by atoms with Crippen molar-refractivity contribution in [3.05, 3.63) is 16.9 Å². The fourth-order valence-corrected chi connectivity index (χ4v) is 2.52. The molecule has 0 N–H and O–H groups in total. The van der Waals surface area contributed by atoms with E-state index in [-0.39, 0.29) is 0 Å². The van der Waals surface area contributed by atoms with Crippen LogP contribution in [0.25, 0.3) is 0 Å². The molecule has 0 aliphatic rings. The second-order valence-electron chi connectivity index (χ2n) is 5.51. The van der Waals surface area contributed by atoms with Crippen LogP contribution in [0, 0.1) is 6.92 Å². The first kappa shape index (κ1) is 16.6. The van der Waals surface area contributed by atoms with Gasteiger partial charge in [-0.1, -0.05) is 76.3 Å². The molecule has 0 spiro atoms. The van der Waals surface area contributed by atoms with E-state index in [4.69, 9.17) is 11.6 Å². The van der Waals surface area contributed by atoms with Crippen molar-refractivity contribution < 1.29 is 0 Å². The van der Waals surface area contributed by atoms with Gasteiger partial charge in [0.15, 0.2) is 0 Å². The highest BCUT2D eigenvalue weighted by Crippen LogP contribution is 2.14. The van der Waals surface area contributed by atoms with Gasteiger partial charge in [-0.15, -0.1) is 0 Å². The maximum Gasteiger partial charge on any atom is 0.0814 e. The molecule has 0 fully saturated rings. The van der Waals surface area contributed by atoms with Crippen LogP contribution in [-0.2, 0) is 6.54 Å². The van der Waals surface area contributed by atoms with Gasteiger partial charge >= 0.3 is 0 Å². The fourth-order valence-electron chi connectivity index (χ4n) is 2.37. The fraction of sp³-hybridized carbons (Fsp3) is 0.812. The summed E-state index contributed by atoms with van der Waals surface area (Å²) in [5.41, 5.74) is 0.939. The number of aryl methyl sites for hydroxylation is 2. The average Bonchev–Trinajstić information content (AvgIpc) is 2.71. The van der Waals surface area contributed by atoms with Crippen LogP contribution in [-0.4, -0.2) is 9.78 Å². The van der Waals surface area contributed by atoms with Crippen LogP contribution in [0.2, 0.25) is 5.02 Å². The van der Waals surface area contributed by atoms with Crippen LogP contribution in [0.4, 0.5) is 0 Å². The number of rotatable bonds is 11. The predicted octanol–water partition coefficient (Wildman–Crippen LogP) is 5.77. The molecule has 0 bridgehead atoms. The summed E-state index contributed by atoms with van der Waals surface area (Å²) in [7, 11) is 0. The Morgan fingerprint density at radius 3 is 1.95 bits per heavy atom. The summed E-state index contributed by atoms with van der Waals surface area (Å²) in [6.07, 6.45) is 15.7. The molecule has 0 aromatic carbocycles. The SMILES string of the molecule is CCCCCCCCCCCCn1cc(Cl)c(C)n1. The van der Waals surface area contributed by atoms with E-state index in [1.165, 1.54) is 64.2 Å². The molecule has 0 saturated carbocycles. The lowest BCUT2D eigenvalue weighted by atomic mass is 10.1. The Bertz CT molecular complexity index is 314. The second-order valence-corrected chi connectivity index (χ2v) is 5.91. The molecule has 1 aromatic rings. The highest BCUT2D eigenvalue weighted by molar-refractivity contribution is 6.31. The summed E-state index contributed by atoms with van der Waals surface area (Å²) in [6.45, 7) is 5.23. The molecule has 110 valence electrons. The van der Waals surface area contributed by atoms with Crippen molar-refractivity contribution in [2.75, 3.05) is 0 Å². The zero-order valence-electron chi connectivity index (χ0n) is 12.6. The minimum absolute atomic E-state index is 0.784. The molecule has 0 aliphatic heterocycles. The van der Waals surface area contributed by atoms with Crippen LogP contribution in [0.3, 0.4) is 0 Å². The van der Waals surface area contributed by atoms with Crippen molar-refractivity contribution in [3.63, 3.8) is 0 Å². The normalized spacial score (nSPS) is 11.1. The lowest BCUT2D eigenvalue weighted by Gasteiger charge is -2.03. The van der Waals surface area contributed by atoms with Gasteiger partial charge < -0.3 is 0 Å². The molecule has 1 aromatic heterocycles. The molecule has 1 rings (SSSR count). The van der Waals surface area contributed by atoms with Crippen LogP contribution in [0.5, 0.6) is 0 Å². The molecule has 1 heterocycles. The first-order chi connectivity index (χ1) is 9.24. The average molecular weight is 285 g/mol. The number of hydrogen-bond acceptors (Lipinski definition) is 1. The standard InChI is InChI=1S/C16H29ClN2/c1-3-4-5-6-7-8-9-10-11-12-13-19-14-16(17)15(2)18-19/h14H,3-13H2,1-2H3. The third-order valence-corrected chi connectivity index (χ3v) is 4.00. The van der Waals surface area contributed by atoms with E-state index in [1.54, 1.807) is 0 Å². The van der Waals surface area contributed by atoms with E-state index in [0.717, 1.165) is 17.3 Å². The summed E-state index contributed by atoms with van der Waals surface area (Å²) in [5, 5.41) is 5.16. The molecule has 0 atom stereocenters. The van der Waals surface area contributed by atoms with Crippen LogP contribution in [0.15, 0.2) is 6.20 Å². The number of hydrogen-bond donors (Lipinski definition) is 0. The second kappa shape index (κ2) is 10.3. The van der Waals surface area contributed by atoms with E-state index in [9.17, 15) is 0 Å². The Morgan fingerprint density at radius 1 is 0.947 bits per heavy atom. The quantitative estimate of drug-likeness (QED) is 0.472. The van der Waals surface area contributed by atoms with Gasteiger partial charge in [-0.05, 0) is 13.3 Å². The van der Waals surface area contributed by atoms with Crippen molar-refractivity contribution in [2.24, 2.45) is 0 Å². The first-order valence-corrected chi connectivity index (χ1v) is 8.31. The van der Waals surface area contributed by atoms with E-state index >= 15 is 0 Å². The highest BCUT2D eigenvalue weighted by atomic mass is 35.5. The van der Waals surface area contributed by atoms with Gasteiger partial charge in [0.1, 0.15) is 0 Å². The summed E-state index contributed by atoms with van der Waals surface area (Å²) in [6, 6.07) is 0. The van der Waals surface area contributed by atoms with Crippen molar-refractivity contribution in [1.82, 2.24) is 9.78 Å². The van der Waals surface area contributed by atoms with Gasteiger partial charge in [-0.25, -0.2) is 0 Å². The maximum atomic E-state index is 5.98. The molecule has 3 heteroatoms. The third kappa shape index (κ3) is 7.61. The molecule has 0 unspecified atom stereocenters. The number of nitrogens with zero attached hydrogens (tertiary/aromatic N) is 2. The Hall–Kier alpha value is -0.500. The van der Waals surface area contributed by atoms with Gasteiger partial charge in [0.25, 0.3) is 0 Å². The lowest BCUT2D eigenvalue weighted by Crippen LogP contribution is -1.98. The molecule has 0 aliphatic carbocycles. The Labute approximate surface area is 123 Å². The molecular formula is C16H29ClN2. The van der Waals surface area contributed by atoms with E-state index in [0.29, 0.717) is 0 Å². The lowest BCUT2D eigenvalue weighted by molar-refractivity contribution is 0.514. The minimum Gasteiger partial charge on any atom is -0.271 e. The van der Waals surface area contributed by atoms with Gasteiger partial charge in [-0.3, -0.25) is 4.68 Å². The molecule has 19 heavy (non-hydrogen) atoms. The van der Waals surface area contributed by atoms with Crippen molar-refractivity contribution in [2.45, 2.75) is 84.6 Å². The predicted molar refractivity (Wildman–Crippen MR) is 83.8 cm³/mol. The van der Waals surface area contributed by atoms with Gasteiger partial charge in [0.05, 0.1) is 10.7 Å². The smallest absolute Gasteiger partial charge is 0.0814 e. The van der Waals surface area contributed by atoms with Crippen LogP contribution >= 0.6 is 11.6 Å². The number of halogens is 1. The molecule has 2 nitrogen and oxygen atoms in total. The Balaban J connectivity index is 1.88. The van der Waals surface area contributed by atoms with Crippen molar-refractivity contribution in [3.8, 4) is 0 Å². The van der Waals surface area contributed by atoms with E-state index in [1.807, 2.05) is 17.8 Å². The minimum atomic E-state index is 0.784. The summed E-state index contributed by atoms with van der Waals surface area (Å²) >= 11 is 5.98. The summed E-state index contributed by atoms with van der Waals surface area (Å²) < 4.78 is 1.97. The maximum absolute atomic E-state index is 5.98. The number of unbranched alkanes of at least 4 members (excludes halogenated alkanes) is 9. The molecule has 0 saturated heterocycles. The van der Waals surface area contributed by atoms with Crippen LogP contribution < -0.4 is 0 Å². The van der Waals surface area contributed by atoms with Gasteiger partial charge in [0, 0.05) is 12.7 Å². The highest BCUT2D eigenvalue weighted by Gasteiger charge is 2.01. The van der Waals surface area contributed by atoms with Gasteiger partial charge in [0.2, 0.25) is 0 Å². The molecular weight excluding hydrogens is 256 g/mol. The van der Waals surface area contributed by atoms with E-state index in [2.05, 4.69) is 12.0 Å². The third-order valence-electron chi connectivity index (χ3n) is 3.63. The molecule has 0 radical (unpaired) electrons. The molecule has 0 amide bonds. The Kier molecular flexibility index (Phi) is 8.98. The monoisotopic (exact) mass is 284 g/mol. The topological polar surface area (TPSA) is 17.8 Å². The van der Waals surface area contributed by atoms with Crippen molar-refractivity contribution in [1.29, 1.82) is 0 Å². The van der Waals surface area contributed by atoms with E-state index < -0.39 is 0 Å². The zero-order chi connectivity index (χ0) is 13.9. The summed E-state index contributed by atoms with van der Waals surface area (Å²) in [4.78, 5) is 0. The zero-order valence-corrected chi connectivity index (χ0v) is 13.4. The van der Waals surface area contributed by atoms with Crippen molar-refractivity contribution >= 4 is 11.6 Å². The van der Waals surface area contributed by atoms with Gasteiger partial charge in [-0.2, -0.15) is 5.10 Å². The number of aromatic nitrogens is 2. The summed E-state index contributed by atoms with van der Waals surface area (Å²) in [5.74, 6) is 0. The Morgan fingerprint density at radius 2 is 1.47 bits per heavy atom. The largest absolute Gasteiger partial charge is 0.271 e. The first-order valence-electron chi connectivity index (χ1n) is 7.93.